The normalized spacial score (nSPS) is 10.4. The van der Waals surface area contributed by atoms with Gasteiger partial charge in [-0.25, -0.2) is 9.18 Å². The number of nitrogens with one attached hydrogen (secondary N) is 2. The summed E-state index contributed by atoms with van der Waals surface area (Å²) in [4.78, 5) is 27.2. The van der Waals surface area contributed by atoms with Crippen molar-refractivity contribution in [1.29, 1.82) is 0 Å². The van der Waals surface area contributed by atoms with Gasteiger partial charge in [0.05, 0.1) is 23.2 Å². The molecule has 0 aliphatic carbocycles. The highest BCUT2D eigenvalue weighted by Crippen LogP contribution is 2.34. The van der Waals surface area contributed by atoms with Gasteiger partial charge in [-0.15, -0.1) is 11.3 Å². The number of halogens is 2. The summed E-state index contributed by atoms with van der Waals surface area (Å²) >= 11 is 12.1. The Labute approximate surface area is 183 Å². The third-order valence-corrected chi connectivity index (χ3v) is 5.82. The molecule has 0 aliphatic rings. The monoisotopic (exact) mass is 457 g/mol. The van der Waals surface area contributed by atoms with Crippen LogP contribution in [0.1, 0.15) is 39.4 Å². The van der Waals surface area contributed by atoms with E-state index in [0.29, 0.717) is 28.5 Å². The van der Waals surface area contributed by atoms with Crippen LogP contribution in [-0.2, 0) is 4.74 Å². The fourth-order valence-electron chi connectivity index (χ4n) is 2.66. The van der Waals surface area contributed by atoms with Crippen LogP contribution >= 0.6 is 35.2 Å². The third kappa shape index (κ3) is 5.23. The topological polar surface area (TPSA) is 70.7 Å². The number of thiophene rings is 1. The molecule has 2 N–H and O–H groups in total. The summed E-state index contributed by atoms with van der Waals surface area (Å²) in [6.45, 7) is 6.52. The number of thiocarbonyl (C=S) groups is 1. The number of amides is 1. The summed E-state index contributed by atoms with van der Waals surface area (Å²) in [5.41, 5.74) is 0.842. The van der Waals surface area contributed by atoms with E-state index in [1.165, 1.54) is 19.2 Å². The van der Waals surface area contributed by atoms with Crippen molar-refractivity contribution in [1.82, 2.24) is 4.90 Å². The van der Waals surface area contributed by atoms with Gasteiger partial charge in [0.2, 0.25) is 0 Å². The van der Waals surface area contributed by atoms with Gasteiger partial charge in [-0.05, 0) is 56.8 Å². The standard InChI is InChI=1S/C19H21ClFN3O3S2/c1-5-24(6-2)17(25)15-10(3)14(18(26)27-4)16(29-15)23-19(28)22-13-8-7-11(20)9-12(13)21/h7-9H,5-6H2,1-4H3,(H2,22,23,28). The minimum Gasteiger partial charge on any atom is -0.465 e. The van der Waals surface area contributed by atoms with Crippen molar-refractivity contribution in [2.45, 2.75) is 20.8 Å². The summed E-state index contributed by atoms with van der Waals surface area (Å²) in [6, 6.07) is 4.12. The van der Waals surface area contributed by atoms with E-state index in [-0.39, 0.29) is 27.3 Å². The highest BCUT2D eigenvalue weighted by molar-refractivity contribution is 7.80. The molecule has 6 nitrogen and oxygen atoms in total. The van der Waals surface area contributed by atoms with Gasteiger partial charge in [0, 0.05) is 18.1 Å². The van der Waals surface area contributed by atoms with Gasteiger partial charge < -0.3 is 20.3 Å². The van der Waals surface area contributed by atoms with Crippen molar-refractivity contribution in [3.05, 3.63) is 45.0 Å². The van der Waals surface area contributed by atoms with E-state index in [1.54, 1.807) is 11.8 Å². The van der Waals surface area contributed by atoms with Crippen LogP contribution in [0.4, 0.5) is 15.1 Å². The zero-order valence-corrected chi connectivity index (χ0v) is 18.8. The Kier molecular flexibility index (Phi) is 7.95. The predicted octanol–water partition coefficient (Wildman–Crippen LogP) is 4.93. The Bertz CT molecular complexity index is 945. The van der Waals surface area contributed by atoms with Crippen LogP contribution in [0.3, 0.4) is 0 Å². The number of carbonyl (C=O) groups excluding carboxylic acids is 2. The summed E-state index contributed by atoms with van der Waals surface area (Å²) in [7, 11) is 1.26. The van der Waals surface area contributed by atoms with Gasteiger partial charge in [0.15, 0.2) is 5.11 Å². The number of carbonyl (C=O) groups is 2. The minimum atomic E-state index is -0.597. The van der Waals surface area contributed by atoms with E-state index in [0.717, 1.165) is 17.4 Å². The molecule has 1 aromatic carbocycles. The molecular formula is C19H21ClFN3O3S2. The summed E-state index contributed by atoms with van der Waals surface area (Å²) in [5.74, 6) is -1.35. The molecule has 1 aromatic heterocycles. The highest BCUT2D eigenvalue weighted by Gasteiger charge is 2.27. The Hall–Kier alpha value is -2.23. The first-order valence-corrected chi connectivity index (χ1v) is 10.4. The molecule has 1 amide bonds. The molecule has 0 unspecified atom stereocenters. The summed E-state index contributed by atoms with van der Waals surface area (Å²) in [6.07, 6.45) is 0. The van der Waals surface area contributed by atoms with E-state index >= 15 is 0 Å². The molecule has 0 fully saturated rings. The highest BCUT2D eigenvalue weighted by atomic mass is 35.5. The number of hydrogen-bond acceptors (Lipinski definition) is 5. The van der Waals surface area contributed by atoms with Gasteiger partial charge in [-0.3, -0.25) is 4.79 Å². The second-order valence-corrected chi connectivity index (χ2v) is 7.80. The molecule has 10 heteroatoms. The number of ether oxygens (including phenoxy) is 1. The lowest BCUT2D eigenvalue weighted by Crippen LogP contribution is -2.30. The van der Waals surface area contributed by atoms with Gasteiger partial charge in [0.25, 0.3) is 5.91 Å². The molecule has 0 saturated heterocycles. The average molecular weight is 458 g/mol. The smallest absolute Gasteiger partial charge is 0.341 e. The van der Waals surface area contributed by atoms with Crippen LogP contribution in [0.15, 0.2) is 18.2 Å². The number of rotatable bonds is 6. The second kappa shape index (κ2) is 10.00. The molecule has 0 aliphatic heterocycles. The first-order chi connectivity index (χ1) is 13.7. The van der Waals surface area contributed by atoms with Gasteiger partial charge >= 0.3 is 5.97 Å². The Balaban J connectivity index is 2.35. The minimum absolute atomic E-state index is 0.0551. The van der Waals surface area contributed by atoms with Crippen molar-refractivity contribution in [3.63, 3.8) is 0 Å². The molecule has 0 spiro atoms. The van der Waals surface area contributed by atoms with E-state index < -0.39 is 11.8 Å². The lowest BCUT2D eigenvalue weighted by molar-refractivity contribution is 0.0601. The third-order valence-electron chi connectivity index (χ3n) is 4.19. The molecule has 156 valence electrons. The van der Waals surface area contributed by atoms with Crippen LogP contribution < -0.4 is 10.6 Å². The van der Waals surface area contributed by atoms with Gasteiger partial charge in [-0.1, -0.05) is 11.6 Å². The SMILES string of the molecule is CCN(CC)C(=O)c1sc(NC(=S)Nc2ccc(Cl)cc2F)c(C(=O)OC)c1C. The molecule has 2 rings (SSSR count). The molecule has 0 saturated carbocycles. The zero-order valence-electron chi connectivity index (χ0n) is 16.4. The van der Waals surface area contributed by atoms with Crippen LogP contribution in [0.25, 0.3) is 0 Å². The predicted molar refractivity (Wildman–Crippen MR) is 119 cm³/mol. The summed E-state index contributed by atoms with van der Waals surface area (Å²) < 4.78 is 18.9. The fourth-order valence-corrected chi connectivity index (χ4v) is 4.26. The Morgan fingerprint density at radius 3 is 2.48 bits per heavy atom. The lowest BCUT2D eigenvalue weighted by atomic mass is 10.1. The first kappa shape index (κ1) is 23.1. The average Bonchev–Trinajstić information content (AvgIpc) is 3.00. The lowest BCUT2D eigenvalue weighted by Gasteiger charge is -2.18. The molecule has 1 heterocycles. The maximum Gasteiger partial charge on any atom is 0.341 e. The molecule has 0 atom stereocenters. The van der Waals surface area contributed by atoms with Crippen LogP contribution in [-0.4, -0.2) is 42.1 Å². The van der Waals surface area contributed by atoms with Crippen molar-refractivity contribution >= 4 is 62.8 Å². The summed E-state index contributed by atoms with van der Waals surface area (Å²) in [5, 5.41) is 6.25. The second-order valence-electron chi connectivity index (χ2n) is 5.93. The zero-order chi connectivity index (χ0) is 21.7. The number of hydrogen-bond donors (Lipinski definition) is 2. The van der Waals surface area contributed by atoms with E-state index in [9.17, 15) is 14.0 Å². The maximum atomic E-state index is 14.0. The van der Waals surface area contributed by atoms with E-state index in [4.69, 9.17) is 28.6 Å². The fraction of sp³-hybridized carbons (Fsp3) is 0.316. The Morgan fingerprint density at radius 2 is 1.93 bits per heavy atom. The maximum absolute atomic E-state index is 14.0. The molecule has 0 radical (unpaired) electrons. The first-order valence-electron chi connectivity index (χ1n) is 8.77. The van der Waals surface area contributed by atoms with Crippen molar-refractivity contribution in [2.24, 2.45) is 0 Å². The van der Waals surface area contributed by atoms with Gasteiger partial charge in [-0.2, -0.15) is 0 Å². The van der Waals surface area contributed by atoms with Crippen LogP contribution in [0, 0.1) is 12.7 Å². The number of methoxy groups -OCH3 is 1. The number of nitrogens with zero attached hydrogens (tertiary/aromatic N) is 1. The number of anilines is 2. The van der Waals surface area contributed by atoms with Crippen LogP contribution in [0.2, 0.25) is 5.02 Å². The molecular weight excluding hydrogens is 437 g/mol. The van der Waals surface area contributed by atoms with Crippen molar-refractivity contribution < 1.29 is 18.7 Å². The van der Waals surface area contributed by atoms with Crippen LogP contribution in [0.5, 0.6) is 0 Å². The largest absolute Gasteiger partial charge is 0.465 e. The quantitative estimate of drug-likeness (QED) is 0.473. The van der Waals surface area contributed by atoms with E-state index in [2.05, 4.69) is 10.6 Å². The number of esters is 1. The van der Waals surface area contributed by atoms with Gasteiger partial charge in [0.1, 0.15) is 10.8 Å². The molecule has 0 bridgehead atoms. The molecule has 2 aromatic rings. The Morgan fingerprint density at radius 1 is 1.28 bits per heavy atom. The van der Waals surface area contributed by atoms with E-state index in [1.807, 2.05) is 13.8 Å². The van der Waals surface area contributed by atoms with Crippen molar-refractivity contribution in [3.8, 4) is 0 Å². The van der Waals surface area contributed by atoms with Crippen molar-refractivity contribution in [2.75, 3.05) is 30.8 Å². The number of benzene rings is 1. The molecule has 29 heavy (non-hydrogen) atoms.